The van der Waals surface area contributed by atoms with E-state index in [1.165, 1.54) is 106 Å². The highest BCUT2D eigenvalue weighted by molar-refractivity contribution is 7.00. The number of hydrogen-bond donors (Lipinski definition) is 0. The summed E-state index contributed by atoms with van der Waals surface area (Å²) in [6.45, 7) is 38.2. The average Bonchev–Trinajstić information content (AvgIpc) is 3.29. The van der Waals surface area contributed by atoms with Crippen LogP contribution in [0.5, 0.6) is 0 Å². The van der Waals surface area contributed by atoms with E-state index in [1.54, 1.807) is 0 Å². The van der Waals surface area contributed by atoms with Crippen LogP contribution < -0.4 is 26.2 Å². The van der Waals surface area contributed by atoms with Gasteiger partial charge in [-0.25, -0.2) is 0 Å². The first-order valence-corrected chi connectivity index (χ1v) is 25.8. The van der Waals surface area contributed by atoms with Gasteiger partial charge in [0.1, 0.15) is 0 Å². The lowest BCUT2D eigenvalue weighted by atomic mass is 9.32. The minimum absolute atomic E-state index is 0.0162. The molecule has 3 heteroatoms. The number of anilines is 6. The number of nitrogens with zero attached hydrogens (tertiary/aromatic N) is 2. The maximum Gasteiger partial charge on any atom is 0.252 e. The molecule has 0 bridgehead atoms. The fraction of sp³-hybridized carbons (Fsp3) is 0.364. The quantitative estimate of drug-likeness (QED) is 0.162. The molecule has 0 saturated carbocycles. The first kappa shape index (κ1) is 46.9. The van der Waals surface area contributed by atoms with E-state index in [1.807, 2.05) is 0 Å². The van der Waals surface area contributed by atoms with Crippen molar-refractivity contribution in [1.29, 1.82) is 0 Å². The van der Waals surface area contributed by atoms with Crippen LogP contribution in [0.4, 0.5) is 34.1 Å². The standard InChI is InChI=1S/C66H75BN2/c1-61(2,3)45-25-29-49(30-26-45)68-56-32-28-47(63(7,8)9)37-53(56)67-54-40-51-52(66(15,16)34-33-65(51,13)14)41-57(54)69(59-39-48(64(10,11)12)38-58(68)60(59)67)55-31-27-46(62(4,5)6)36-50(55)44-24-20-23-43(35-44)42-21-18-17-19-22-42/h17-32,35-41H,33-34H2,1-16H3. The van der Waals surface area contributed by atoms with E-state index in [0.717, 1.165) is 12.8 Å². The van der Waals surface area contributed by atoms with Gasteiger partial charge in [0, 0.05) is 34.0 Å². The summed E-state index contributed by atoms with van der Waals surface area (Å²) in [6.07, 6.45) is 2.32. The van der Waals surface area contributed by atoms with Crippen LogP contribution in [0.3, 0.4) is 0 Å². The third-order valence-electron chi connectivity index (χ3n) is 16.1. The summed E-state index contributed by atoms with van der Waals surface area (Å²) in [5.74, 6) is 0. The van der Waals surface area contributed by atoms with Crippen molar-refractivity contribution in [2.75, 3.05) is 9.80 Å². The summed E-state index contributed by atoms with van der Waals surface area (Å²) in [6, 6.07) is 54.8. The second kappa shape index (κ2) is 15.9. The minimum atomic E-state index is -0.129. The van der Waals surface area contributed by atoms with E-state index in [2.05, 4.69) is 260 Å². The Balaban J connectivity index is 1.36. The molecule has 0 saturated heterocycles. The smallest absolute Gasteiger partial charge is 0.252 e. The van der Waals surface area contributed by atoms with Gasteiger partial charge >= 0.3 is 0 Å². The monoisotopic (exact) mass is 907 g/mol. The van der Waals surface area contributed by atoms with Gasteiger partial charge in [0.05, 0.1) is 5.69 Å². The first-order chi connectivity index (χ1) is 32.2. The Labute approximate surface area is 416 Å². The molecule has 10 rings (SSSR count). The van der Waals surface area contributed by atoms with Crippen molar-refractivity contribution in [3.05, 3.63) is 173 Å². The Morgan fingerprint density at radius 1 is 0.377 bits per heavy atom. The molecule has 2 heterocycles. The van der Waals surface area contributed by atoms with E-state index in [-0.39, 0.29) is 39.2 Å². The molecule has 0 aromatic heterocycles. The molecule has 3 aliphatic rings. The summed E-state index contributed by atoms with van der Waals surface area (Å²) < 4.78 is 0. The molecule has 0 unspecified atom stereocenters. The zero-order valence-corrected chi connectivity index (χ0v) is 44.7. The number of benzene rings is 7. The van der Waals surface area contributed by atoms with Gasteiger partial charge in [-0.1, -0.05) is 196 Å². The van der Waals surface area contributed by atoms with Crippen LogP contribution in [-0.4, -0.2) is 6.71 Å². The Morgan fingerprint density at radius 3 is 1.46 bits per heavy atom. The molecule has 1 aliphatic carbocycles. The fourth-order valence-electron chi connectivity index (χ4n) is 11.5. The molecule has 69 heavy (non-hydrogen) atoms. The molecule has 2 nitrogen and oxygen atoms in total. The van der Waals surface area contributed by atoms with Crippen molar-refractivity contribution in [1.82, 2.24) is 0 Å². The van der Waals surface area contributed by atoms with Crippen molar-refractivity contribution in [2.24, 2.45) is 0 Å². The van der Waals surface area contributed by atoms with Crippen molar-refractivity contribution in [3.8, 4) is 22.3 Å². The van der Waals surface area contributed by atoms with Gasteiger partial charge in [0.25, 0.3) is 6.71 Å². The number of hydrogen-bond acceptors (Lipinski definition) is 2. The SMILES string of the molecule is CC(C)(C)c1ccc(N2c3ccc(C(C)(C)C)cc3B3c4cc5c(cc4N(c4ccc(C(C)(C)C)cc4-c4cccc(-c6ccccc6)c4)c4cc(C(C)(C)C)cc2c43)C(C)(C)CCC5(C)C)cc1. The minimum Gasteiger partial charge on any atom is -0.311 e. The summed E-state index contributed by atoms with van der Waals surface area (Å²) in [4.78, 5) is 5.33. The highest BCUT2D eigenvalue weighted by atomic mass is 15.2. The molecule has 7 aromatic carbocycles. The first-order valence-electron chi connectivity index (χ1n) is 25.8. The summed E-state index contributed by atoms with van der Waals surface area (Å²) in [5.41, 5.74) is 24.8. The molecule has 0 radical (unpaired) electrons. The van der Waals surface area contributed by atoms with Gasteiger partial charge in [-0.05, 0) is 166 Å². The Bertz CT molecular complexity index is 3140. The zero-order chi connectivity index (χ0) is 49.4. The second-order valence-electron chi connectivity index (χ2n) is 26.3. The normalized spacial score (nSPS) is 16.1. The van der Waals surface area contributed by atoms with Crippen LogP contribution in [0.15, 0.2) is 140 Å². The topological polar surface area (TPSA) is 6.48 Å². The highest BCUT2D eigenvalue weighted by Crippen LogP contribution is 2.53. The van der Waals surface area contributed by atoms with Crippen molar-refractivity contribution < 1.29 is 0 Å². The lowest BCUT2D eigenvalue weighted by molar-refractivity contribution is 0.332. The largest absolute Gasteiger partial charge is 0.311 e. The average molecular weight is 907 g/mol. The molecule has 352 valence electrons. The molecular formula is C66H75BN2. The van der Waals surface area contributed by atoms with Crippen LogP contribution in [-0.2, 0) is 32.5 Å². The van der Waals surface area contributed by atoms with Crippen LogP contribution in [0.2, 0.25) is 0 Å². The zero-order valence-electron chi connectivity index (χ0n) is 44.7. The Kier molecular flexibility index (Phi) is 10.8. The molecule has 7 aromatic rings. The Hall–Kier alpha value is -5.80. The predicted molar refractivity (Wildman–Crippen MR) is 301 cm³/mol. The third-order valence-corrected chi connectivity index (χ3v) is 16.1. The highest BCUT2D eigenvalue weighted by Gasteiger charge is 2.47. The molecule has 0 amide bonds. The molecule has 0 fully saturated rings. The third kappa shape index (κ3) is 8.06. The maximum atomic E-state index is 2.72. The van der Waals surface area contributed by atoms with Crippen molar-refractivity contribution >= 4 is 57.2 Å². The second-order valence-corrected chi connectivity index (χ2v) is 26.3. The molecule has 0 atom stereocenters. The van der Waals surface area contributed by atoms with Gasteiger partial charge in [0.2, 0.25) is 0 Å². The predicted octanol–water partition coefficient (Wildman–Crippen LogP) is 16.6. The molecule has 0 spiro atoms. The molecule has 0 N–H and O–H groups in total. The van der Waals surface area contributed by atoms with Crippen LogP contribution in [0.1, 0.15) is 157 Å². The van der Waals surface area contributed by atoms with Crippen LogP contribution in [0.25, 0.3) is 22.3 Å². The van der Waals surface area contributed by atoms with Gasteiger partial charge in [0.15, 0.2) is 0 Å². The summed E-state index contributed by atoms with van der Waals surface area (Å²) >= 11 is 0. The van der Waals surface area contributed by atoms with Gasteiger partial charge in [-0.15, -0.1) is 0 Å². The maximum absolute atomic E-state index is 2.72. The lowest BCUT2D eigenvalue weighted by Gasteiger charge is -2.48. The van der Waals surface area contributed by atoms with Gasteiger partial charge in [-0.3, -0.25) is 0 Å². The molecule has 2 aliphatic heterocycles. The van der Waals surface area contributed by atoms with Gasteiger partial charge < -0.3 is 9.80 Å². The van der Waals surface area contributed by atoms with Crippen molar-refractivity contribution in [2.45, 2.75) is 156 Å². The molecular weight excluding hydrogens is 832 g/mol. The van der Waals surface area contributed by atoms with Gasteiger partial charge in [-0.2, -0.15) is 0 Å². The van der Waals surface area contributed by atoms with Crippen LogP contribution >= 0.6 is 0 Å². The van der Waals surface area contributed by atoms with E-state index in [4.69, 9.17) is 0 Å². The van der Waals surface area contributed by atoms with E-state index in [0.29, 0.717) is 0 Å². The number of rotatable bonds is 4. The van der Waals surface area contributed by atoms with E-state index in [9.17, 15) is 0 Å². The summed E-state index contributed by atoms with van der Waals surface area (Å²) in [5, 5.41) is 0. The van der Waals surface area contributed by atoms with Crippen molar-refractivity contribution in [3.63, 3.8) is 0 Å². The Morgan fingerprint density at radius 2 is 0.870 bits per heavy atom. The lowest BCUT2D eigenvalue weighted by Crippen LogP contribution is -2.62. The van der Waals surface area contributed by atoms with E-state index < -0.39 is 0 Å². The van der Waals surface area contributed by atoms with Crippen LogP contribution in [0, 0.1) is 0 Å². The number of fused-ring (bicyclic) bond motifs is 5. The summed E-state index contributed by atoms with van der Waals surface area (Å²) in [7, 11) is 0. The fourth-order valence-corrected chi connectivity index (χ4v) is 11.5. The van der Waals surface area contributed by atoms with E-state index >= 15 is 0 Å².